The lowest BCUT2D eigenvalue weighted by Crippen LogP contribution is -2.22. The summed E-state index contributed by atoms with van der Waals surface area (Å²) in [6.45, 7) is 0. The van der Waals surface area contributed by atoms with Crippen molar-refractivity contribution >= 4 is 16.7 Å². The molecular formula is C10H6F3NO. The van der Waals surface area contributed by atoms with E-state index in [1.54, 1.807) is 24.3 Å². The van der Waals surface area contributed by atoms with E-state index in [0.29, 0.717) is 10.9 Å². The van der Waals surface area contributed by atoms with Gasteiger partial charge in [0.05, 0.1) is 5.69 Å². The van der Waals surface area contributed by atoms with Crippen molar-refractivity contribution in [2.45, 2.75) is 6.18 Å². The van der Waals surface area contributed by atoms with Crippen LogP contribution in [0, 0.1) is 0 Å². The topological polar surface area (TPSA) is 32.9 Å². The average Bonchev–Trinajstić information content (AvgIpc) is 2.58. The zero-order valence-electron chi connectivity index (χ0n) is 7.43. The van der Waals surface area contributed by atoms with Crippen LogP contribution in [0.15, 0.2) is 30.3 Å². The van der Waals surface area contributed by atoms with Crippen LogP contribution >= 0.6 is 0 Å². The molecule has 0 fully saturated rings. The Bertz CT molecular complexity index is 480. The van der Waals surface area contributed by atoms with E-state index in [1.165, 1.54) is 6.07 Å². The van der Waals surface area contributed by atoms with Crippen molar-refractivity contribution in [2.75, 3.05) is 0 Å². The van der Waals surface area contributed by atoms with Gasteiger partial charge < -0.3 is 4.98 Å². The number of hydrogen-bond donors (Lipinski definition) is 1. The number of aromatic amines is 1. The number of carbonyl (C=O) groups excluding carboxylic acids is 1. The SMILES string of the molecule is O=C(c1cc2ccccc2[nH]1)C(F)(F)F. The molecule has 0 radical (unpaired) electrons. The highest BCUT2D eigenvalue weighted by Crippen LogP contribution is 2.23. The normalized spacial score (nSPS) is 11.9. The number of ketones is 1. The highest BCUT2D eigenvalue weighted by Gasteiger charge is 2.40. The third kappa shape index (κ3) is 1.72. The molecule has 0 aliphatic heterocycles. The lowest BCUT2D eigenvalue weighted by atomic mass is 10.2. The number of H-pyrrole nitrogens is 1. The fourth-order valence-electron chi connectivity index (χ4n) is 1.35. The quantitative estimate of drug-likeness (QED) is 0.726. The van der Waals surface area contributed by atoms with Gasteiger partial charge in [0.2, 0.25) is 0 Å². The second-order valence-electron chi connectivity index (χ2n) is 3.10. The molecule has 0 amide bonds. The van der Waals surface area contributed by atoms with Crippen molar-refractivity contribution < 1.29 is 18.0 Å². The summed E-state index contributed by atoms with van der Waals surface area (Å²) in [6.07, 6.45) is -4.83. The number of rotatable bonds is 1. The van der Waals surface area contributed by atoms with E-state index in [1.807, 2.05) is 0 Å². The molecule has 0 aliphatic rings. The van der Waals surface area contributed by atoms with Gasteiger partial charge in [0, 0.05) is 10.9 Å². The Hall–Kier alpha value is -1.78. The standard InChI is InChI=1S/C10H6F3NO/c11-10(12,13)9(15)8-5-6-3-1-2-4-7(6)14-8/h1-5,14H. The Labute approximate surface area is 82.7 Å². The minimum absolute atomic E-state index is 0.427. The summed E-state index contributed by atoms with van der Waals surface area (Å²) in [4.78, 5) is 13.3. The second-order valence-corrected chi connectivity index (χ2v) is 3.10. The maximum atomic E-state index is 12.1. The third-order valence-electron chi connectivity index (χ3n) is 2.03. The van der Waals surface area contributed by atoms with Gasteiger partial charge in [-0.2, -0.15) is 13.2 Å². The molecule has 0 saturated heterocycles. The molecule has 1 aromatic heterocycles. The van der Waals surface area contributed by atoms with Crippen LogP contribution in [0.3, 0.4) is 0 Å². The minimum Gasteiger partial charge on any atom is -0.352 e. The molecule has 0 atom stereocenters. The summed E-state index contributed by atoms with van der Waals surface area (Å²) in [7, 11) is 0. The zero-order valence-corrected chi connectivity index (χ0v) is 7.43. The van der Waals surface area contributed by atoms with E-state index < -0.39 is 17.7 Å². The first-order valence-electron chi connectivity index (χ1n) is 4.18. The number of benzene rings is 1. The highest BCUT2D eigenvalue weighted by atomic mass is 19.4. The van der Waals surface area contributed by atoms with E-state index >= 15 is 0 Å². The van der Waals surface area contributed by atoms with Crippen molar-refractivity contribution in [1.82, 2.24) is 4.98 Å². The predicted octanol–water partition coefficient (Wildman–Crippen LogP) is 2.91. The van der Waals surface area contributed by atoms with Gasteiger partial charge in [0.1, 0.15) is 0 Å². The zero-order chi connectivity index (χ0) is 11.1. The van der Waals surface area contributed by atoms with Gasteiger partial charge in [-0.15, -0.1) is 0 Å². The van der Waals surface area contributed by atoms with Crippen LogP contribution in [0.2, 0.25) is 0 Å². The van der Waals surface area contributed by atoms with Crippen molar-refractivity contribution in [3.63, 3.8) is 0 Å². The predicted molar refractivity (Wildman–Crippen MR) is 48.7 cm³/mol. The Morgan fingerprint density at radius 3 is 2.47 bits per heavy atom. The molecule has 2 aromatic rings. The van der Waals surface area contributed by atoms with E-state index in [4.69, 9.17) is 0 Å². The van der Waals surface area contributed by atoms with Crippen LogP contribution in [0.5, 0.6) is 0 Å². The van der Waals surface area contributed by atoms with Gasteiger partial charge in [-0.25, -0.2) is 0 Å². The molecule has 0 bridgehead atoms. The molecule has 2 rings (SSSR count). The van der Waals surface area contributed by atoms with Gasteiger partial charge >= 0.3 is 6.18 Å². The molecule has 78 valence electrons. The number of fused-ring (bicyclic) bond motifs is 1. The first-order chi connectivity index (χ1) is 6.98. The van der Waals surface area contributed by atoms with Crippen LogP contribution in [0.4, 0.5) is 13.2 Å². The molecule has 0 saturated carbocycles. The second kappa shape index (κ2) is 3.12. The summed E-state index contributed by atoms with van der Waals surface area (Å²) in [5.74, 6) is -1.85. The fourth-order valence-corrected chi connectivity index (χ4v) is 1.35. The number of halogens is 3. The molecular weight excluding hydrogens is 207 g/mol. The van der Waals surface area contributed by atoms with E-state index in [2.05, 4.69) is 4.98 Å². The number of alkyl halides is 3. The first kappa shape index (κ1) is 9.76. The Morgan fingerprint density at radius 2 is 1.87 bits per heavy atom. The van der Waals surface area contributed by atoms with Crippen LogP contribution in [-0.4, -0.2) is 16.9 Å². The molecule has 15 heavy (non-hydrogen) atoms. The lowest BCUT2D eigenvalue weighted by Gasteiger charge is -2.01. The average molecular weight is 213 g/mol. The Kier molecular flexibility index (Phi) is 2.03. The summed E-state index contributed by atoms with van der Waals surface area (Å²) in [6, 6.07) is 7.82. The van der Waals surface area contributed by atoms with Crippen molar-refractivity contribution in [2.24, 2.45) is 0 Å². The summed E-state index contributed by atoms with van der Waals surface area (Å²) in [5.41, 5.74) is 0.0915. The summed E-state index contributed by atoms with van der Waals surface area (Å²) < 4.78 is 36.3. The molecule has 0 spiro atoms. The molecule has 1 aromatic carbocycles. The maximum absolute atomic E-state index is 12.1. The number of hydrogen-bond acceptors (Lipinski definition) is 1. The maximum Gasteiger partial charge on any atom is 0.456 e. The number of para-hydroxylation sites is 1. The summed E-state index contributed by atoms with van der Waals surface area (Å²) >= 11 is 0. The number of nitrogens with one attached hydrogen (secondary N) is 1. The number of carbonyl (C=O) groups is 1. The first-order valence-corrected chi connectivity index (χ1v) is 4.18. The highest BCUT2D eigenvalue weighted by molar-refractivity contribution is 6.02. The van der Waals surface area contributed by atoms with Gasteiger partial charge in [-0.05, 0) is 12.1 Å². The molecule has 1 heterocycles. The monoisotopic (exact) mass is 213 g/mol. The molecule has 0 unspecified atom stereocenters. The molecule has 0 aliphatic carbocycles. The Morgan fingerprint density at radius 1 is 1.20 bits per heavy atom. The van der Waals surface area contributed by atoms with E-state index in [-0.39, 0.29) is 0 Å². The largest absolute Gasteiger partial charge is 0.456 e. The smallest absolute Gasteiger partial charge is 0.352 e. The van der Waals surface area contributed by atoms with Gasteiger partial charge in [0.25, 0.3) is 5.78 Å². The molecule has 5 heteroatoms. The van der Waals surface area contributed by atoms with E-state index in [9.17, 15) is 18.0 Å². The van der Waals surface area contributed by atoms with Gasteiger partial charge in [-0.3, -0.25) is 4.79 Å². The van der Waals surface area contributed by atoms with E-state index in [0.717, 1.165) is 0 Å². The fraction of sp³-hybridized carbons (Fsp3) is 0.100. The van der Waals surface area contributed by atoms with Crippen molar-refractivity contribution in [1.29, 1.82) is 0 Å². The number of aromatic nitrogens is 1. The third-order valence-corrected chi connectivity index (χ3v) is 2.03. The van der Waals surface area contributed by atoms with Crippen molar-refractivity contribution in [3.8, 4) is 0 Å². The van der Waals surface area contributed by atoms with Crippen molar-refractivity contribution in [3.05, 3.63) is 36.0 Å². The van der Waals surface area contributed by atoms with Crippen LogP contribution in [-0.2, 0) is 0 Å². The molecule has 2 nitrogen and oxygen atoms in total. The van der Waals surface area contributed by atoms with Gasteiger partial charge in [-0.1, -0.05) is 18.2 Å². The Balaban J connectivity index is 2.50. The van der Waals surface area contributed by atoms with Crippen LogP contribution < -0.4 is 0 Å². The summed E-state index contributed by atoms with van der Waals surface area (Å²) in [5, 5.41) is 0.588. The minimum atomic E-state index is -4.83. The molecule has 1 N–H and O–H groups in total. The number of Topliss-reactive ketones (excluding diaryl/α,β-unsaturated/α-hetero) is 1. The van der Waals surface area contributed by atoms with Gasteiger partial charge in [0.15, 0.2) is 0 Å². The lowest BCUT2D eigenvalue weighted by molar-refractivity contribution is -0.0887. The van der Waals surface area contributed by atoms with Crippen LogP contribution in [0.25, 0.3) is 10.9 Å². The van der Waals surface area contributed by atoms with Crippen LogP contribution in [0.1, 0.15) is 10.5 Å².